The van der Waals surface area contributed by atoms with Crippen molar-refractivity contribution in [2.45, 2.75) is 32.0 Å². The van der Waals surface area contributed by atoms with E-state index in [4.69, 9.17) is 19.6 Å². The molecule has 0 bridgehead atoms. The van der Waals surface area contributed by atoms with Gasteiger partial charge in [-0.15, -0.1) is 0 Å². The van der Waals surface area contributed by atoms with Crippen LogP contribution in [0.5, 0.6) is 11.5 Å². The van der Waals surface area contributed by atoms with Gasteiger partial charge in [0.05, 0.1) is 32.4 Å². The molecule has 4 N–H and O–H groups in total. The van der Waals surface area contributed by atoms with E-state index < -0.39 is 48.1 Å². The summed E-state index contributed by atoms with van der Waals surface area (Å²) in [4.78, 5) is 33.1. The Morgan fingerprint density at radius 3 is 2.36 bits per heavy atom. The van der Waals surface area contributed by atoms with Gasteiger partial charge in [-0.05, 0) is 55.5 Å². The van der Waals surface area contributed by atoms with E-state index in [0.29, 0.717) is 17.1 Å². The van der Waals surface area contributed by atoms with Crippen molar-refractivity contribution in [3.05, 3.63) is 83.3 Å². The maximum atomic E-state index is 14.6. The van der Waals surface area contributed by atoms with Crippen LogP contribution in [0.4, 0.5) is 17.6 Å². The molecule has 44 heavy (non-hydrogen) atoms. The molecule has 14 heteroatoms. The number of ether oxygens (including phenoxy) is 2. The molecule has 0 saturated heterocycles. The number of hydrogen-bond acceptors (Lipinski definition) is 8. The molecular weight excluding hydrogens is 588 g/mol. The smallest absolute Gasteiger partial charge is 0.424 e. The van der Waals surface area contributed by atoms with E-state index in [2.05, 4.69) is 15.3 Å². The van der Waals surface area contributed by atoms with E-state index in [0.717, 1.165) is 18.2 Å². The molecule has 4 aromatic rings. The van der Waals surface area contributed by atoms with Crippen molar-refractivity contribution in [3.63, 3.8) is 0 Å². The topological polar surface area (TPSA) is 150 Å². The Balaban J connectivity index is 1.75. The average molecular weight is 617 g/mol. The quantitative estimate of drug-likeness (QED) is 0.209. The van der Waals surface area contributed by atoms with E-state index in [9.17, 15) is 32.3 Å². The molecule has 2 aromatic heterocycles. The SMILES string of the molecule is CCOc1c(CC(N)=O)cc([C@@](O)(CNC(=O)c2ccc(-c3coc(C)n3)c(OC)c2)C(F)(F)F)nc1-c1ccc(F)cc1. The van der Waals surface area contributed by atoms with Gasteiger partial charge in [0.15, 0.2) is 5.89 Å². The molecule has 4 rings (SSSR count). The molecule has 10 nitrogen and oxygen atoms in total. The highest BCUT2D eigenvalue weighted by Crippen LogP contribution is 2.42. The van der Waals surface area contributed by atoms with E-state index in [1.54, 1.807) is 13.8 Å². The highest BCUT2D eigenvalue weighted by atomic mass is 19.4. The summed E-state index contributed by atoms with van der Waals surface area (Å²) in [5, 5.41) is 13.3. The number of aliphatic hydroxyl groups is 1. The molecule has 2 aromatic carbocycles. The molecule has 0 aliphatic heterocycles. The second-order valence-corrected chi connectivity index (χ2v) is 9.63. The number of methoxy groups -OCH3 is 1. The number of nitrogens with one attached hydrogen (secondary N) is 1. The third-order valence-electron chi connectivity index (χ3n) is 6.58. The predicted octanol–water partition coefficient (Wildman–Crippen LogP) is 4.47. The molecule has 1 atom stereocenters. The van der Waals surface area contributed by atoms with Gasteiger partial charge in [-0.1, -0.05) is 0 Å². The van der Waals surface area contributed by atoms with E-state index in [1.807, 2.05) is 0 Å². The molecule has 0 aliphatic carbocycles. The number of carbonyl (C=O) groups is 2. The van der Waals surface area contributed by atoms with Gasteiger partial charge in [0, 0.05) is 29.2 Å². The molecular formula is C30H28F4N4O6. The number of primary amides is 1. The van der Waals surface area contributed by atoms with Gasteiger partial charge >= 0.3 is 6.18 Å². The summed E-state index contributed by atoms with van der Waals surface area (Å²) in [7, 11) is 1.34. The molecule has 0 saturated carbocycles. The number of amides is 2. The van der Waals surface area contributed by atoms with Gasteiger partial charge in [-0.2, -0.15) is 13.2 Å². The minimum atomic E-state index is -5.36. The fourth-order valence-electron chi connectivity index (χ4n) is 4.40. The van der Waals surface area contributed by atoms with Crippen LogP contribution in [0.1, 0.15) is 34.4 Å². The molecule has 0 unspecified atom stereocenters. The summed E-state index contributed by atoms with van der Waals surface area (Å²) >= 11 is 0. The van der Waals surface area contributed by atoms with Crippen LogP contribution in [0.2, 0.25) is 0 Å². The first-order valence-corrected chi connectivity index (χ1v) is 13.2. The van der Waals surface area contributed by atoms with Gasteiger partial charge in [0.2, 0.25) is 11.5 Å². The van der Waals surface area contributed by atoms with E-state index >= 15 is 0 Å². The first-order chi connectivity index (χ1) is 20.8. The van der Waals surface area contributed by atoms with Crippen molar-refractivity contribution in [3.8, 4) is 34.0 Å². The zero-order valence-corrected chi connectivity index (χ0v) is 23.8. The zero-order valence-electron chi connectivity index (χ0n) is 23.8. The summed E-state index contributed by atoms with van der Waals surface area (Å²) in [6.45, 7) is 1.92. The maximum Gasteiger partial charge on any atom is 0.424 e. The normalized spacial score (nSPS) is 12.8. The number of nitrogens with two attached hydrogens (primary N) is 1. The maximum absolute atomic E-state index is 14.6. The number of pyridine rings is 1. The average Bonchev–Trinajstić information content (AvgIpc) is 3.41. The van der Waals surface area contributed by atoms with Gasteiger partial charge in [-0.25, -0.2) is 14.4 Å². The van der Waals surface area contributed by atoms with Gasteiger partial charge in [-0.3, -0.25) is 9.59 Å². The van der Waals surface area contributed by atoms with E-state index in [1.165, 1.54) is 43.7 Å². The monoisotopic (exact) mass is 616 g/mol. The van der Waals surface area contributed by atoms with Crippen molar-refractivity contribution in [2.24, 2.45) is 5.73 Å². The first kappa shape index (κ1) is 31.9. The van der Waals surface area contributed by atoms with Crippen LogP contribution in [0.15, 0.2) is 59.2 Å². The summed E-state index contributed by atoms with van der Waals surface area (Å²) in [6, 6.07) is 9.61. The second-order valence-electron chi connectivity index (χ2n) is 9.63. The van der Waals surface area contributed by atoms with Crippen molar-refractivity contribution in [1.82, 2.24) is 15.3 Å². The van der Waals surface area contributed by atoms with Crippen LogP contribution in [0.3, 0.4) is 0 Å². The number of carbonyl (C=O) groups excluding carboxylic acids is 2. The minimum absolute atomic E-state index is 0.0408. The first-order valence-electron chi connectivity index (χ1n) is 13.2. The highest BCUT2D eigenvalue weighted by molar-refractivity contribution is 5.95. The molecule has 0 fully saturated rings. The number of aromatic nitrogens is 2. The van der Waals surface area contributed by atoms with Gasteiger partial charge in [0.1, 0.15) is 35.0 Å². The Kier molecular flexibility index (Phi) is 9.23. The number of oxazole rings is 1. The Morgan fingerprint density at radius 1 is 1.09 bits per heavy atom. The molecule has 0 radical (unpaired) electrons. The number of nitrogens with zero attached hydrogens (tertiary/aromatic N) is 2. The predicted molar refractivity (Wildman–Crippen MR) is 149 cm³/mol. The van der Waals surface area contributed by atoms with Crippen LogP contribution in [0.25, 0.3) is 22.5 Å². The fraction of sp³-hybridized carbons (Fsp3) is 0.267. The van der Waals surface area contributed by atoms with E-state index in [-0.39, 0.29) is 40.5 Å². The lowest BCUT2D eigenvalue weighted by molar-refractivity contribution is -0.265. The standard InChI is InChI=1S/C30H28F4N4O6/c1-4-43-27-19(13-25(35)39)12-24(38-26(27)17-5-8-20(31)9-6-17)29(41,30(32,33)34)15-36-28(40)18-7-10-21(23(11-18)42-3)22-14-44-16(2)37-22/h5-12,14,41H,4,13,15H2,1-3H3,(H2,35,39)(H,36,40)/t29-/m0/s1. The van der Waals surface area contributed by atoms with Crippen molar-refractivity contribution >= 4 is 11.8 Å². The summed E-state index contributed by atoms with van der Waals surface area (Å²) < 4.78 is 73.5. The van der Waals surface area contributed by atoms with Gasteiger partial charge in [0.25, 0.3) is 5.91 Å². The number of alkyl halides is 3. The summed E-state index contributed by atoms with van der Waals surface area (Å²) in [6.07, 6.45) is -4.54. The summed E-state index contributed by atoms with van der Waals surface area (Å²) in [5.74, 6) is -1.95. The minimum Gasteiger partial charge on any atom is -0.496 e. The van der Waals surface area contributed by atoms with Crippen molar-refractivity contribution in [1.29, 1.82) is 0 Å². The number of hydrogen-bond donors (Lipinski definition) is 3. The molecule has 0 spiro atoms. The number of halogens is 4. The number of benzene rings is 2. The Morgan fingerprint density at radius 2 is 1.80 bits per heavy atom. The molecule has 2 amide bonds. The van der Waals surface area contributed by atoms with Crippen LogP contribution in [0, 0.1) is 12.7 Å². The van der Waals surface area contributed by atoms with Crippen LogP contribution < -0.4 is 20.5 Å². The second kappa shape index (κ2) is 12.7. The zero-order chi connectivity index (χ0) is 32.2. The number of aryl methyl sites for hydroxylation is 1. The Hall–Kier alpha value is -4.98. The number of rotatable bonds is 11. The van der Waals surface area contributed by atoms with Gasteiger partial charge < -0.3 is 30.0 Å². The molecule has 2 heterocycles. The summed E-state index contributed by atoms with van der Waals surface area (Å²) in [5.41, 5.74) is 1.34. The fourth-order valence-corrected chi connectivity index (χ4v) is 4.40. The molecule has 232 valence electrons. The third kappa shape index (κ3) is 6.64. The molecule has 0 aliphatic rings. The lowest BCUT2D eigenvalue weighted by Crippen LogP contribution is -2.51. The lowest BCUT2D eigenvalue weighted by atomic mass is 9.93. The Labute approximate surface area is 248 Å². The highest BCUT2D eigenvalue weighted by Gasteiger charge is 2.56. The Bertz CT molecular complexity index is 1670. The van der Waals surface area contributed by atoms with Crippen LogP contribution in [-0.4, -0.2) is 53.3 Å². The largest absolute Gasteiger partial charge is 0.496 e. The van der Waals surface area contributed by atoms with Crippen molar-refractivity contribution in [2.75, 3.05) is 20.3 Å². The van der Waals surface area contributed by atoms with Crippen LogP contribution >= 0.6 is 0 Å². The van der Waals surface area contributed by atoms with Crippen LogP contribution in [-0.2, 0) is 16.8 Å². The third-order valence-corrected chi connectivity index (χ3v) is 6.58. The lowest BCUT2D eigenvalue weighted by Gasteiger charge is -2.31. The van der Waals surface area contributed by atoms with Crippen molar-refractivity contribution < 1.29 is 46.1 Å².